The zero-order valence-electron chi connectivity index (χ0n) is 15.8. The van der Waals surface area contributed by atoms with Crippen molar-refractivity contribution in [2.24, 2.45) is 7.05 Å². The Labute approximate surface area is 140 Å². The third-order valence-corrected chi connectivity index (χ3v) is 4.46. The predicted molar refractivity (Wildman–Crippen MR) is 97.0 cm³/mol. The second kappa shape index (κ2) is 5.99. The molecule has 0 saturated heterocycles. The molecule has 2 rings (SSSR count). The molecule has 0 amide bonds. The normalized spacial score (nSPS) is 12.5. The van der Waals surface area contributed by atoms with Gasteiger partial charge in [-0.25, -0.2) is 0 Å². The highest BCUT2D eigenvalue weighted by molar-refractivity contribution is 5.57. The number of benzene rings is 1. The Hall–Kier alpha value is -1.84. The van der Waals surface area contributed by atoms with Crippen molar-refractivity contribution in [1.82, 2.24) is 15.0 Å². The molecule has 0 bridgehead atoms. The van der Waals surface area contributed by atoms with E-state index in [9.17, 15) is 0 Å². The van der Waals surface area contributed by atoms with E-state index in [0.29, 0.717) is 0 Å². The van der Waals surface area contributed by atoms with Crippen molar-refractivity contribution in [3.05, 3.63) is 40.7 Å². The lowest BCUT2D eigenvalue weighted by Crippen LogP contribution is -2.38. The molecule has 0 atom stereocenters. The van der Waals surface area contributed by atoms with Crippen LogP contribution in [0.3, 0.4) is 0 Å². The summed E-state index contributed by atoms with van der Waals surface area (Å²) < 4.78 is 1.77. The van der Waals surface area contributed by atoms with Gasteiger partial charge in [0.25, 0.3) is 0 Å². The minimum absolute atomic E-state index is 0.0441. The van der Waals surface area contributed by atoms with Crippen LogP contribution in [0.25, 0.3) is 0 Å². The maximum absolute atomic E-state index is 4.31. The lowest BCUT2D eigenvalue weighted by Gasteiger charge is -2.36. The largest absolute Gasteiger partial charge is 0.380 e. The molecule has 0 aliphatic carbocycles. The topological polar surface area (TPSA) is 42.7 Å². The van der Waals surface area contributed by atoms with Gasteiger partial charge in [0.15, 0.2) is 0 Å². The molecule has 23 heavy (non-hydrogen) atoms. The fraction of sp³-hybridized carbons (Fsp3) is 0.579. The number of rotatable bonds is 5. The maximum atomic E-state index is 4.31. The van der Waals surface area contributed by atoms with E-state index in [1.807, 2.05) is 13.2 Å². The number of hydrogen-bond acceptors (Lipinski definition) is 3. The third-order valence-electron chi connectivity index (χ3n) is 4.46. The molecule has 2 aromatic rings. The van der Waals surface area contributed by atoms with Crippen LogP contribution in [0.2, 0.25) is 0 Å². The van der Waals surface area contributed by atoms with Gasteiger partial charge in [0.05, 0.1) is 5.69 Å². The Bertz CT molecular complexity index is 695. The molecule has 4 heteroatoms. The first-order valence-corrected chi connectivity index (χ1v) is 8.23. The molecule has 126 valence electrons. The molecule has 0 radical (unpaired) electrons. The number of aromatic nitrogens is 3. The van der Waals surface area contributed by atoms with Crippen LogP contribution in [0.4, 0.5) is 5.69 Å². The van der Waals surface area contributed by atoms with Gasteiger partial charge in [0.2, 0.25) is 0 Å². The zero-order valence-corrected chi connectivity index (χ0v) is 15.8. The van der Waals surface area contributed by atoms with Gasteiger partial charge in [0.1, 0.15) is 0 Å². The van der Waals surface area contributed by atoms with Crippen molar-refractivity contribution in [3.8, 4) is 0 Å². The molecule has 1 aromatic carbocycles. The summed E-state index contributed by atoms with van der Waals surface area (Å²) in [4.78, 5) is 0. The highest BCUT2D eigenvalue weighted by atomic mass is 15.4. The molecule has 0 aliphatic rings. The first-order chi connectivity index (χ1) is 10.5. The molecule has 0 unspecified atom stereocenters. The van der Waals surface area contributed by atoms with E-state index in [4.69, 9.17) is 0 Å². The SMILES string of the molecule is Cc1cc(C)c(C)c(NC(C)(C)CC(C)(C)c2cn(C)nn2)c1. The molecule has 0 spiro atoms. The first kappa shape index (κ1) is 17.5. The third kappa shape index (κ3) is 4.12. The average Bonchev–Trinajstić information content (AvgIpc) is 2.81. The highest BCUT2D eigenvalue weighted by Crippen LogP contribution is 2.34. The van der Waals surface area contributed by atoms with Crippen molar-refractivity contribution in [3.63, 3.8) is 0 Å². The molecule has 0 saturated carbocycles. The Morgan fingerprint density at radius 1 is 1.09 bits per heavy atom. The van der Waals surface area contributed by atoms with Crippen molar-refractivity contribution < 1.29 is 0 Å². The standard InChI is InChI=1S/C19H30N4/c1-13-9-14(2)15(3)16(10-13)20-19(6,7)12-18(4,5)17-11-23(8)22-21-17/h9-11,20H,12H2,1-8H3. The smallest absolute Gasteiger partial charge is 0.0883 e. The number of aryl methyl sites for hydroxylation is 3. The molecule has 1 N–H and O–H groups in total. The molecular formula is C19H30N4. The van der Waals surface area contributed by atoms with E-state index >= 15 is 0 Å². The molecule has 1 heterocycles. The van der Waals surface area contributed by atoms with Gasteiger partial charge < -0.3 is 5.32 Å². The van der Waals surface area contributed by atoms with Gasteiger partial charge in [-0.05, 0) is 63.8 Å². The second-order valence-electron chi connectivity index (χ2n) is 8.10. The lowest BCUT2D eigenvalue weighted by molar-refractivity contribution is 0.364. The summed E-state index contributed by atoms with van der Waals surface area (Å²) in [5, 5.41) is 12.1. The van der Waals surface area contributed by atoms with Crippen molar-refractivity contribution in [2.45, 2.75) is 65.8 Å². The first-order valence-electron chi connectivity index (χ1n) is 8.23. The van der Waals surface area contributed by atoms with Crippen LogP contribution in [-0.2, 0) is 12.5 Å². The molecule has 1 aromatic heterocycles. The highest BCUT2D eigenvalue weighted by Gasteiger charge is 2.32. The molecular weight excluding hydrogens is 284 g/mol. The van der Waals surface area contributed by atoms with E-state index in [0.717, 1.165) is 12.1 Å². The second-order valence-corrected chi connectivity index (χ2v) is 8.10. The maximum Gasteiger partial charge on any atom is 0.0883 e. The lowest BCUT2D eigenvalue weighted by atomic mass is 9.77. The molecule has 0 aliphatic heterocycles. The van der Waals surface area contributed by atoms with E-state index in [2.05, 4.69) is 76.2 Å². The van der Waals surface area contributed by atoms with Crippen LogP contribution in [0.1, 0.15) is 56.5 Å². The Balaban J connectivity index is 2.22. The molecule has 4 nitrogen and oxygen atoms in total. The minimum Gasteiger partial charge on any atom is -0.380 e. The fourth-order valence-electron chi connectivity index (χ4n) is 3.43. The summed E-state index contributed by atoms with van der Waals surface area (Å²) in [6.07, 6.45) is 2.98. The summed E-state index contributed by atoms with van der Waals surface area (Å²) in [7, 11) is 1.91. The summed E-state index contributed by atoms with van der Waals surface area (Å²) in [5.74, 6) is 0. The Morgan fingerprint density at radius 3 is 2.30 bits per heavy atom. The van der Waals surface area contributed by atoms with Crippen molar-refractivity contribution >= 4 is 5.69 Å². The van der Waals surface area contributed by atoms with Gasteiger partial charge in [-0.1, -0.05) is 25.1 Å². The number of nitrogens with one attached hydrogen (secondary N) is 1. The van der Waals surface area contributed by atoms with Gasteiger partial charge in [-0.2, -0.15) is 0 Å². The fourth-order valence-corrected chi connectivity index (χ4v) is 3.43. The Kier molecular flexibility index (Phi) is 4.56. The van der Waals surface area contributed by atoms with Crippen LogP contribution in [0.15, 0.2) is 18.3 Å². The number of anilines is 1. The molecule has 0 fully saturated rings. The van der Waals surface area contributed by atoms with Gasteiger partial charge >= 0.3 is 0 Å². The zero-order chi connectivity index (χ0) is 17.4. The number of nitrogens with zero attached hydrogens (tertiary/aromatic N) is 3. The quantitative estimate of drug-likeness (QED) is 0.895. The number of hydrogen-bond donors (Lipinski definition) is 1. The summed E-state index contributed by atoms with van der Waals surface area (Å²) >= 11 is 0. The van der Waals surface area contributed by atoms with E-state index in [-0.39, 0.29) is 11.0 Å². The monoisotopic (exact) mass is 314 g/mol. The summed E-state index contributed by atoms with van der Waals surface area (Å²) in [5.41, 5.74) is 6.11. The van der Waals surface area contributed by atoms with Crippen molar-refractivity contribution in [1.29, 1.82) is 0 Å². The predicted octanol–water partition coefficient (Wildman–Crippen LogP) is 4.30. The van der Waals surface area contributed by atoms with E-state index < -0.39 is 0 Å². The van der Waals surface area contributed by atoms with Crippen LogP contribution >= 0.6 is 0 Å². The van der Waals surface area contributed by atoms with E-state index in [1.165, 1.54) is 22.4 Å². The van der Waals surface area contributed by atoms with Crippen LogP contribution in [0, 0.1) is 20.8 Å². The van der Waals surface area contributed by atoms with Crippen LogP contribution < -0.4 is 5.32 Å². The summed E-state index contributed by atoms with van der Waals surface area (Å²) in [6, 6.07) is 4.47. The average molecular weight is 314 g/mol. The van der Waals surface area contributed by atoms with Gasteiger partial charge in [-0.3, -0.25) is 4.68 Å². The Morgan fingerprint density at radius 2 is 1.74 bits per heavy atom. The van der Waals surface area contributed by atoms with Crippen molar-refractivity contribution in [2.75, 3.05) is 5.32 Å². The van der Waals surface area contributed by atoms with Crippen LogP contribution in [-0.4, -0.2) is 20.5 Å². The van der Waals surface area contributed by atoms with Crippen LogP contribution in [0.5, 0.6) is 0 Å². The van der Waals surface area contributed by atoms with Gasteiger partial charge in [0, 0.05) is 29.9 Å². The van der Waals surface area contributed by atoms with Gasteiger partial charge in [-0.15, -0.1) is 5.10 Å². The van der Waals surface area contributed by atoms with E-state index in [1.54, 1.807) is 4.68 Å². The summed E-state index contributed by atoms with van der Waals surface area (Å²) in [6.45, 7) is 15.5. The minimum atomic E-state index is -0.0496.